The third kappa shape index (κ3) is 4.30. The van der Waals surface area contributed by atoms with Crippen molar-refractivity contribution in [2.24, 2.45) is 0 Å². The highest BCUT2D eigenvalue weighted by Gasteiger charge is 2.06. The molecule has 0 radical (unpaired) electrons. The molecule has 0 N–H and O–H groups in total. The Morgan fingerprint density at radius 2 is 1.16 bits per heavy atom. The van der Waals surface area contributed by atoms with Gasteiger partial charge in [-0.05, 0) is 52.9 Å². The predicted molar refractivity (Wildman–Crippen MR) is 103 cm³/mol. The van der Waals surface area contributed by atoms with E-state index in [4.69, 9.17) is 9.47 Å². The van der Waals surface area contributed by atoms with Gasteiger partial charge < -0.3 is 9.47 Å². The van der Waals surface area contributed by atoms with Crippen LogP contribution in [0, 0.1) is 0 Å². The summed E-state index contributed by atoms with van der Waals surface area (Å²) in [7, 11) is 3.37. The second kappa shape index (κ2) is 8.20. The van der Waals surface area contributed by atoms with Gasteiger partial charge in [-0.1, -0.05) is 60.7 Å². The lowest BCUT2D eigenvalue weighted by atomic mass is 9.95. The van der Waals surface area contributed by atoms with Crippen molar-refractivity contribution in [3.05, 3.63) is 102 Å². The molecule has 0 amide bonds. The number of ether oxygens (including phenoxy) is 2. The number of rotatable bonds is 6. The highest BCUT2D eigenvalue weighted by molar-refractivity contribution is 5.80. The summed E-state index contributed by atoms with van der Waals surface area (Å²) in [6.07, 6.45) is 3.16. The van der Waals surface area contributed by atoms with Crippen molar-refractivity contribution in [1.82, 2.24) is 0 Å². The summed E-state index contributed by atoms with van der Waals surface area (Å²) < 4.78 is 10.6. The van der Waals surface area contributed by atoms with E-state index in [-0.39, 0.29) is 0 Å². The molecule has 0 heterocycles. The average molecular weight is 330 g/mol. The molecule has 0 bridgehead atoms. The molecule has 3 aromatic rings. The first-order valence-corrected chi connectivity index (χ1v) is 8.33. The fourth-order valence-electron chi connectivity index (χ4n) is 2.78. The summed E-state index contributed by atoms with van der Waals surface area (Å²) in [5.74, 6) is 1.72. The maximum absolute atomic E-state index is 5.28. The number of benzene rings is 3. The van der Waals surface area contributed by atoms with E-state index >= 15 is 0 Å². The molecular weight excluding hydrogens is 308 g/mol. The Kier molecular flexibility index (Phi) is 5.53. The maximum atomic E-state index is 5.28. The molecule has 3 rings (SSSR count). The lowest BCUT2D eigenvalue weighted by molar-refractivity contribution is 0.414. The third-order valence-electron chi connectivity index (χ3n) is 4.19. The first-order valence-electron chi connectivity index (χ1n) is 8.33. The molecule has 2 heteroatoms. The number of allylic oxidation sites excluding steroid dienone is 1. The Balaban J connectivity index is 1.96. The van der Waals surface area contributed by atoms with Gasteiger partial charge in [-0.2, -0.15) is 0 Å². The number of hydrogen-bond acceptors (Lipinski definition) is 2. The van der Waals surface area contributed by atoms with E-state index in [1.54, 1.807) is 14.2 Å². The van der Waals surface area contributed by atoms with Crippen molar-refractivity contribution in [3.8, 4) is 11.5 Å². The number of hydrogen-bond donors (Lipinski definition) is 0. The van der Waals surface area contributed by atoms with Crippen molar-refractivity contribution in [2.75, 3.05) is 14.2 Å². The minimum atomic E-state index is 0.862. The Hall–Kier alpha value is -3.00. The second-order valence-corrected chi connectivity index (χ2v) is 5.76. The van der Waals surface area contributed by atoms with Crippen LogP contribution in [0.5, 0.6) is 11.5 Å². The van der Waals surface area contributed by atoms with Crippen LogP contribution in [-0.4, -0.2) is 14.2 Å². The summed E-state index contributed by atoms with van der Waals surface area (Å²) in [4.78, 5) is 0. The standard InChI is InChI=1S/C23H22O2/c1-24-21-13-9-19(10-14-21)23(17-8-18-6-4-3-5-7-18)20-11-15-22(25-2)16-12-20/h3-7,9-17H,8H2,1-2H3. The van der Waals surface area contributed by atoms with Crippen LogP contribution in [0.2, 0.25) is 0 Å². The normalized spacial score (nSPS) is 10.2. The van der Waals surface area contributed by atoms with Gasteiger partial charge >= 0.3 is 0 Å². The zero-order chi connectivity index (χ0) is 17.5. The molecule has 0 fully saturated rings. The highest BCUT2D eigenvalue weighted by atomic mass is 16.5. The van der Waals surface area contributed by atoms with E-state index < -0.39 is 0 Å². The van der Waals surface area contributed by atoms with Gasteiger partial charge in [0.1, 0.15) is 11.5 Å². The summed E-state index contributed by atoms with van der Waals surface area (Å²) in [5.41, 5.74) is 4.83. The summed E-state index contributed by atoms with van der Waals surface area (Å²) >= 11 is 0. The number of methoxy groups -OCH3 is 2. The van der Waals surface area contributed by atoms with Crippen molar-refractivity contribution in [1.29, 1.82) is 0 Å². The van der Waals surface area contributed by atoms with Gasteiger partial charge in [0.15, 0.2) is 0 Å². The maximum Gasteiger partial charge on any atom is 0.118 e. The molecule has 0 aliphatic carbocycles. The Bertz CT molecular complexity index is 767. The fraction of sp³-hybridized carbons (Fsp3) is 0.130. The van der Waals surface area contributed by atoms with Gasteiger partial charge in [0.2, 0.25) is 0 Å². The molecule has 3 aromatic carbocycles. The van der Waals surface area contributed by atoms with E-state index in [2.05, 4.69) is 54.6 Å². The molecular formula is C23H22O2. The smallest absolute Gasteiger partial charge is 0.118 e. The molecule has 0 spiro atoms. The molecule has 0 unspecified atom stereocenters. The largest absolute Gasteiger partial charge is 0.497 e. The minimum Gasteiger partial charge on any atom is -0.497 e. The van der Waals surface area contributed by atoms with Crippen LogP contribution in [0.4, 0.5) is 0 Å². The quantitative estimate of drug-likeness (QED) is 0.604. The Morgan fingerprint density at radius 3 is 1.60 bits per heavy atom. The van der Waals surface area contributed by atoms with E-state index in [0.29, 0.717) is 0 Å². The van der Waals surface area contributed by atoms with Crippen molar-refractivity contribution < 1.29 is 9.47 Å². The van der Waals surface area contributed by atoms with Gasteiger partial charge in [-0.15, -0.1) is 0 Å². The van der Waals surface area contributed by atoms with E-state index in [1.807, 2.05) is 30.3 Å². The van der Waals surface area contributed by atoms with E-state index in [0.717, 1.165) is 17.9 Å². The van der Waals surface area contributed by atoms with Crippen LogP contribution in [-0.2, 0) is 6.42 Å². The second-order valence-electron chi connectivity index (χ2n) is 5.76. The first-order chi connectivity index (χ1) is 12.3. The molecule has 0 atom stereocenters. The molecule has 0 aliphatic rings. The van der Waals surface area contributed by atoms with Crippen LogP contribution in [0.3, 0.4) is 0 Å². The third-order valence-corrected chi connectivity index (χ3v) is 4.19. The zero-order valence-corrected chi connectivity index (χ0v) is 14.6. The summed E-state index contributed by atoms with van der Waals surface area (Å²) in [6, 6.07) is 26.9. The van der Waals surface area contributed by atoms with Gasteiger partial charge in [-0.3, -0.25) is 0 Å². The van der Waals surface area contributed by atoms with Gasteiger partial charge in [0.05, 0.1) is 14.2 Å². The Morgan fingerprint density at radius 1 is 0.680 bits per heavy atom. The van der Waals surface area contributed by atoms with Crippen molar-refractivity contribution in [3.63, 3.8) is 0 Å². The predicted octanol–water partition coefficient (Wildman–Crippen LogP) is 5.38. The lowest BCUT2D eigenvalue weighted by Gasteiger charge is -2.11. The monoisotopic (exact) mass is 330 g/mol. The van der Waals surface area contributed by atoms with Crippen molar-refractivity contribution >= 4 is 5.57 Å². The highest BCUT2D eigenvalue weighted by Crippen LogP contribution is 2.27. The fourth-order valence-corrected chi connectivity index (χ4v) is 2.78. The lowest BCUT2D eigenvalue weighted by Crippen LogP contribution is -1.92. The molecule has 25 heavy (non-hydrogen) atoms. The molecule has 0 saturated heterocycles. The summed E-state index contributed by atoms with van der Waals surface area (Å²) in [6.45, 7) is 0. The van der Waals surface area contributed by atoms with Crippen molar-refractivity contribution in [2.45, 2.75) is 6.42 Å². The molecule has 2 nitrogen and oxygen atoms in total. The van der Waals surface area contributed by atoms with Crippen LogP contribution < -0.4 is 9.47 Å². The van der Waals surface area contributed by atoms with Gasteiger partial charge in [0.25, 0.3) is 0 Å². The Labute approximate surface area is 149 Å². The van der Waals surface area contributed by atoms with Crippen LogP contribution in [0.25, 0.3) is 5.57 Å². The SMILES string of the molecule is COc1ccc(C(=CCc2ccccc2)c2ccc(OC)cc2)cc1. The van der Waals surface area contributed by atoms with Gasteiger partial charge in [-0.25, -0.2) is 0 Å². The summed E-state index contributed by atoms with van der Waals surface area (Å²) in [5, 5.41) is 0. The zero-order valence-electron chi connectivity index (χ0n) is 14.6. The van der Waals surface area contributed by atoms with Gasteiger partial charge in [0, 0.05) is 0 Å². The topological polar surface area (TPSA) is 18.5 Å². The van der Waals surface area contributed by atoms with Crippen LogP contribution in [0.1, 0.15) is 16.7 Å². The molecule has 126 valence electrons. The molecule has 0 aliphatic heterocycles. The first kappa shape index (κ1) is 16.8. The molecule has 0 aromatic heterocycles. The average Bonchev–Trinajstić information content (AvgIpc) is 2.70. The van der Waals surface area contributed by atoms with E-state index in [9.17, 15) is 0 Å². The molecule has 0 saturated carbocycles. The van der Waals surface area contributed by atoms with Crippen LogP contribution >= 0.6 is 0 Å². The van der Waals surface area contributed by atoms with Crippen LogP contribution in [0.15, 0.2) is 84.9 Å². The van der Waals surface area contributed by atoms with E-state index in [1.165, 1.54) is 22.3 Å². The minimum absolute atomic E-state index is 0.862.